The Balaban J connectivity index is 2.53. The number of rotatable bonds is 8. The van der Waals surface area contributed by atoms with Crippen molar-refractivity contribution in [3.05, 3.63) is 22.4 Å². The molecule has 0 saturated heterocycles. The van der Waals surface area contributed by atoms with Crippen LogP contribution in [0.3, 0.4) is 0 Å². The van der Waals surface area contributed by atoms with E-state index >= 15 is 0 Å². The summed E-state index contributed by atoms with van der Waals surface area (Å²) in [5.74, 6) is -1.07. The third-order valence-electron chi connectivity index (χ3n) is 2.81. The number of hydrogen-bond acceptors (Lipinski definition) is 4. The van der Waals surface area contributed by atoms with Gasteiger partial charge in [0.25, 0.3) is 0 Å². The minimum Gasteiger partial charge on any atom is -0.480 e. The highest BCUT2D eigenvalue weighted by Crippen LogP contribution is 2.21. The lowest BCUT2D eigenvalue weighted by molar-refractivity contribution is -0.139. The van der Waals surface area contributed by atoms with Gasteiger partial charge in [-0.3, -0.25) is 0 Å². The van der Waals surface area contributed by atoms with E-state index in [0.717, 1.165) is 11.3 Å². The van der Waals surface area contributed by atoms with Crippen molar-refractivity contribution in [2.45, 2.75) is 31.8 Å². The summed E-state index contributed by atoms with van der Waals surface area (Å²) in [6.45, 7) is 2.24. The molecular weight excluding hydrogens is 280 g/mol. The number of urea groups is 1. The molecule has 0 fully saturated rings. The molecule has 0 saturated carbocycles. The van der Waals surface area contributed by atoms with Gasteiger partial charge in [0.15, 0.2) is 0 Å². The van der Waals surface area contributed by atoms with Gasteiger partial charge >= 0.3 is 12.0 Å². The van der Waals surface area contributed by atoms with Crippen LogP contribution in [0.25, 0.3) is 0 Å². The van der Waals surface area contributed by atoms with Gasteiger partial charge in [0.05, 0.1) is 6.04 Å². The van der Waals surface area contributed by atoms with E-state index in [1.165, 1.54) is 7.11 Å². The van der Waals surface area contributed by atoms with E-state index in [1.54, 1.807) is 11.3 Å². The van der Waals surface area contributed by atoms with Crippen LogP contribution in [0.15, 0.2) is 17.5 Å². The average Bonchev–Trinajstić information content (AvgIpc) is 2.94. The Morgan fingerprint density at radius 3 is 2.70 bits per heavy atom. The zero-order chi connectivity index (χ0) is 15.0. The number of methoxy groups -OCH3 is 1. The normalized spacial score (nSPS) is 13.5. The Bertz CT molecular complexity index is 422. The highest BCUT2D eigenvalue weighted by Gasteiger charge is 2.21. The van der Waals surface area contributed by atoms with Crippen molar-refractivity contribution >= 4 is 23.3 Å². The summed E-state index contributed by atoms with van der Waals surface area (Å²) in [5.41, 5.74) is 0. The molecular formula is C13H20N2O4S. The van der Waals surface area contributed by atoms with Gasteiger partial charge in [-0.15, -0.1) is 11.3 Å². The van der Waals surface area contributed by atoms with Gasteiger partial charge in [-0.2, -0.15) is 0 Å². The summed E-state index contributed by atoms with van der Waals surface area (Å²) < 4.78 is 4.83. The summed E-state index contributed by atoms with van der Waals surface area (Å²) in [7, 11) is 1.49. The minimum atomic E-state index is -1.07. The molecule has 0 aliphatic heterocycles. The molecule has 0 aromatic carbocycles. The third kappa shape index (κ3) is 5.18. The molecule has 3 N–H and O–H groups in total. The second-order valence-corrected chi connectivity index (χ2v) is 5.25. The van der Waals surface area contributed by atoms with E-state index in [2.05, 4.69) is 10.6 Å². The maximum atomic E-state index is 11.9. The van der Waals surface area contributed by atoms with Gasteiger partial charge in [0, 0.05) is 25.0 Å². The van der Waals surface area contributed by atoms with E-state index in [0.29, 0.717) is 0 Å². The van der Waals surface area contributed by atoms with E-state index < -0.39 is 18.0 Å². The number of carbonyl (C=O) groups excluding carboxylic acids is 1. The number of nitrogens with one attached hydrogen (secondary N) is 2. The predicted octanol–water partition coefficient (Wildman–Crippen LogP) is 1.99. The number of ether oxygens (including phenoxy) is 1. The van der Waals surface area contributed by atoms with Crippen molar-refractivity contribution in [1.29, 1.82) is 0 Å². The van der Waals surface area contributed by atoms with Crippen molar-refractivity contribution in [3.63, 3.8) is 0 Å². The fourth-order valence-electron chi connectivity index (χ4n) is 1.72. The minimum absolute atomic E-state index is 0.105. The molecule has 1 aromatic rings. The van der Waals surface area contributed by atoms with Crippen molar-refractivity contribution in [1.82, 2.24) is 10.6 Å². The fraction of sp³-hybridized carbons (Fsp3) is 0.538. The number of carboxylic acid groups (broad SMARTS) is 1. The van der Waals surface area contributed by atoms with Crippen molar-refractivity contribution in [2.24, 2.45) is 0 Å². The summed E-state index contributed by atoms with van der Waals surface area (Å²) in [4.78, 5) is 23.9. The van der Waals surface area contributed by atoms with Crippen LogP contribution in [0, 0.1) is 0 Å². The van der Waals surface area contributed by atoms with Crippen LogP contribution in [-0.2, 0) is 9.53 Å². The van der Waals surface area contributed by atoms with E-state index in [1.807, 2.05) is 24.4 Å². The van der Waals surface area contributed by atoms with Gasteiger partial charge in [0.1, 0.15) is 6.04 Å². The Morgan fingerprint density at radius 1 is 1.45 bits per heavy atom. The first-order chi connectivity index (χ1) is 9.58. The SMILES string of the molecule is CCC(NC(=O)NC(CCOC)C(=O)O)c1cccs1. The monoisotopic (exact) mass is 300 g/mol. The second kappa shape index (κ2) is 8.55. The lowest BCUT2D eigenvalue weighted by Gasteiger charge is -2.19. The van der Waals surface area contributed by atoms with Crippen molar-refractivity contribution in [3.8, 4) is 0 Å². The molecule has 2 unspecified atom stereocenters. The summed E-state index contributed by atoms with van der Waals surface area (Å²) in [5, 5.41) is 16.2. The lowest BCUT2D eigenvalue weighted by Crippen LogP contribution is -2.47. The average molecular weight is 300 g/mol. The topological polar surface area (TPSA) is 87.7 Å². The van der Waals surface area contributed by atoms with Gasteiger partial charge in [-0.05, 0) is 17.9 Å². The van der Waals surface area contributed by atoms with Crippen LogP contribution in [-0.4, -0.2) is 36.9 Å². The highest BCUT2D eigenvalue weighted by atomic mass is 32.1. The molecule has 112 valence electrons. The van der Waals surface area contributed by atoms with Crippen LogP contribution in [0.2, 0.25) is 0 Å². The van der Waals surface area contributed by atoms with E-state index in [-0.39, 0.29) is 19.1 Å². The highest BCUT2D eigenvalue weighted by molar-refractivity contribution is 7.10. The van der Waals surface area contributed by atoms with Crippen LogP contribution in [0.4, 0.5) is 4.79 Å². The number of amides is 2. The number of carbonyl (C=O) groups is 2. The summed E-state index contributed by atoms with van der Waals surface area (Å²) in [6, 6.07) is 2.33. The zero-order valence-corrected chi connectivity index (χ0v) is 12.4. The number of aliphatic carboxylic acids is 1. The molecule has 0 spiro atoms. The first kappa shape index (κ1) is 16.5. The van der Waals surface area contributed by atoms with Crippen LogP contribution in [0.5, 0.6) is 0 Å². The molecule has 2 atom stereocenters. The summed E-state index contributed by atoms with van der Waals surface area (Å²) in [6.07, 6.45) is 0.971. The maximum Gasteiger partial charge on any atom is 0.326 e. The molecule has 0 aliphatic rings. The van der Waals surface area contributed by atoms with Crippen LogP contribution in [0.1, 0.15) is 30.7 Å². The molecule has 20 heavy (non-hydrogen) atoms. The second-order valence-electron chi connectivity index (χ2n) is 4.27. The zero-order valence-electron chi connectivity index (χ0n) is 11.6. The van der Waals surface area contributed by atoms with Crippen molar-refractivity contribution < 1.29 is 19.4 Å². The van der Waals surface area contributed by atoms with E-state index in [4.69, 9.17) is 9.84 Å². The lowest BCUT2D eigenvalue weighted by atomic mass is 10.2. The number of hydrogen-bond donors (Lipinski definition) is 3. The first-order valence-corrected chi connectivity index (χ1v) is 7.28. The first-order valence-electron chi connectivity index (χ1n) is 6.40. The quantitative estimate of drug-likeness (QED) is 0.685. The maximum absolute atomic E-state index is 11.9. The Hall–Kier alpha value is -1.60. The molecule has 1 rings (SSSR count). The molecule has 0 aliphatic carbocycles. The Kier molecular flexibility index (Phi) is 7.03. The number of thiophene rings is 1. The Morgan fingerprint density at radius 2 is 2.20 bits per heavy atom. The Labute approximate surface area is 122 Å². The molecule has 1 heterocycles. The fourth-order valence-corrected chi connectivity index (χ4v) is 2.58. The molecule has 6 nitrogen and oxygen atoms in total. The number of carboxylic acids is 1. The largest absolute Gasteiger partial charge is 0.480 e. The summed E-state index contributed by atoms with van der Waals surface area (Å²) >= 11 is 1.56. The van der Waals surface area contributed by atoms with Crippen LogP contribution < -0.4 is 10.6 Å². The van der Waals surface area contributed by atoms with Gasteiger partial charge in [0.2, 0.25) is 0 Å². The predicted molar refractivity (Wildman–Crippen MR) is 76.9 cm³/mol. The van der Waals surface area contributed by atoms with Gasteiger partial charge in [-0.25, -0.2) is 9.59 Å². The van der Waals surface area contributed by atoms with Crippen LogP contribution >= 0.6 is 11.3 Å². The smallest absolute Gasteiger partial charge is 0.326 e. The van der Waals surface area contributed by atoms with Gasteiger partial charge in [-0.1, -0.05) is 13.0 Å². The molecule has 2 amide bonds. The molecule has 0 bridgehead atoms. The molecule has 1 aromatic heterocycles. The molecule has 0 radical (unpaired) electrons. The van der Waals surface area contributed by atoms with E-state index in [9.17, 15) is 9.59 Å². The standard InChI is InChI=1S/C13H20N2O4S/c1-3-9(11-5-4-8-20-11)14-13(18)15-10(12(16)17)6-7-19-2/h4-5,8-10H,3,6-7H2,1-2H3,(H,16,17)(H2,14,15,18). The van der Waals surface area contributed by atoms with Crippen molar-refractivity contribution in [2.75, 3.05) is 13.7 Å². The molecule has 7 heteroatoms. The van der Waals surface area contributed by atoms with Gasteiger partial charge < -0.3 is 20.5 Å². The third-order valence-corrected chi connectivity index (χ3v) is 3.80.